The molecule has 11 nitrogen and oxygen atoms in total. The van der Waals surface area contributed by atoms with Crippen molar-refractivity contribution in [1.29, 1.82) is 0 Å². The molecule has 246 valence electrons. The number of carbonyl (C=O) groups excluding carboxylic acids is 5. The Morgan fingerprint density at radius 3 is 2.20 bits per heavy atom. The molecule has 0 aromatic heterocycles. The average molecular weight is 624 g/mol. The standard InChI is InChI=1S/C34H49N5O6/c1-9-15-24(27(41)30(43)35-18-10-2)37-29(42)25-19-23(34(7,8)11-3)21-39(25)31(44)28(33(4,5)6)38-32(45)36-20-26(40)22-16-13-12-14-17-22/h9-14,16-17,23-25,28-29,37,42H,1-3,15,18-21H2,4-8H3,(H,35,43)(H2,36,38,45)/t23-,24?,25+,28-,29?/m1/s1. The van der Waals surface area contributed by atoms with Gasteiger partial charge in [0.05, 0.1) is 18.6 Å². The fourth-order valence-corrected chi connectivity index (χ4v) is 5.15. The van der Waals surface area contributed by atoms with Crippen LogP contribution in [0.15, 0.2) is 68.3 Å². The molecule has 1 aromatic carbocycles. The van der Waals surface area contributed by atoms with E-state index in [1.54, 1.807) is 57.2 Å². The van der Waals surface area contributed by atoms with Gasteiger partial charge in [0.25, 0.3) is 5.91 Å². The molecule has 11 heteroatoms. The highest BCUT2D eigenvalue weighted by Crippen LogP contribution is 2.40. The van der Waals surface area contributed by atoms with Crippen molar-refractivity contribution in [2.24, 2.45) is 16.7 Å². The van der Waals surface area contributed by atoms with E-state index in [9.17, 15) is 29.1 Å². The van der Waals surface area contributed by atoms with Crippen LogP contribution in [0.2, 0.25) is 0 Å². The van der Waals surface area contributed by atoms with E-state index in [0.29, 0.717) is 12.0 Å². The molecular weight excluding hydrogens is 574 g/mol. The molecule has 2 unspecified atom stereocenters. The van der Waals surface area contributed by atoms with Crippen LogP contribution in [-0.2, 0) is 14.4 Å². The van der Waals surface area contributed by atoms with Crippen molar-refractivity contribution >= 4 is 29.4 Å². The summed E-state index contributed by atoms with van der Waals surface area (Å²) in [5, 5.41) is 22.0. The molecule has 2 rings (SSSR count). The first-order chi connectivity index (χ1) is 21.1. The summed E-state index contributed by atoms with van der Waals surface area (Å²) in [5.41, 5.74) is -0.713. The number of nitrogens with zero attached hydrogens (tertiary/aromatic N) is 1. The number of likely N-dealkylation sites (tertiary alicyclic amines) is 1. The van der Waals surface area contributed by atoms with Gasteiger partial charge in [0.15, 0.2) is 5.78 Å². The van der Waals surface area contributed by atoms with Crippen molar-refractivity contribution < 1.29 is 29.1 Å². The molecule has 0 bridgehead atoms. The molecule has 1 aliphatic heterocycles. The summed E-state index contributed by atoms with van der Waals surface area (Å²) in [6.07, 6.45) is 3.75. The van der Waals surface area contributed by atoms with Crippen LogP contribution >= 0.6 is 0 Å². The van der Waals surface area contributed by atoms with Gasteiger partial charge in [0.1, 0.15) is 12.3 Å². The molecule has 1 fully saturated rings. The van der Waals surface area contributed by atoms with Crippen LogP contribution in [-0.4, -0.2) is 83.4 Å². The molecule has 1 aliphatic rings. The van der Waals surface area contributed by atoms with E-state index in [1.165, 1.54) is 17.1 Å². The normalized spacial score (nSPS) is 18.6. The van der Waals surface area contributed by atoms with Gasteiger partial charge >= 0.3 is 6.03 Å². The fourth-order valence-electron chi connectivity index (χ4n) is 5.15. The van der Waals surface area contributed by atoms with Gasteiger partial charge in [-0.3, -0.25) is 24.5 Å². The summed E-state index contributed by atoms with van der Waals surface area (Å²) < 4.78 is 0. The number of hydrogen-bond donors (Lipinski definition) is 5. The van der Waals surface area contributed by atoms with E-state index in [2.05, 4.69) is 41.0 Å². The monoisotopic (exact) mass is 623 g/mol. The first-order valence-corrected chi connectivity index (χ1v) is 15.1. The summed E-state index contributed by atoms with van der Waals surface area (Å²) in [4.78, 5) is 66.5. The lowest BCUT2D eigenvalue weighted by Gasteiger charge is -2.37. The highest BCUT2D eigenvalue weighted by Gasteiger charge is 2.48. The van der Waals surface area contributed by atoms with Crippen LogP contribution < -0.4 is 21.3 Å². The zero-order valence-electron chi connectivity index (χ0n) is 27.1. The van der Waals surface area contributed by atoms with Crippen LogP contribution in [0.3, 0.4) is 0 Å². The van der Waals surface area contributed by atoms with E-state index in [4.69, 9.17) is 0 Å². The predicted octanol–water partition coefficient (Wildman–Crippen LogP) is 2.74. The average Bonchev–Trinajstić information content (AvgIpc) is 3.47. The van der Waals surface area contributed by atoms with Crippen molar-refractivity contribution in [3.05, 3.63) is 73.9 Å². The maximum absolute atomic E-state index is 14.2. The van der Waals surface area contributed by atoms with Gasteiger partial charge in [0, 0.05) is 18.7 Å². The number of benzene rings is 1. The second-order valence-electron chi connectivity index (χ2n) is 13.0. The lowest BCUT2D eigenvalue weighted by atomic mass is 9.77. The number of carbonyl (C=O) groups is 5. The Labute approximate surface area is 266 Å². The first-order valence-electron chi connectivity index (χ1n) is 15.1. The third kappa shape index (κ3) is 10.2. The third-order valence-corrected chi connectivity index (χ3v) is 8.18. The molecule has 5 atom stereocenters. The predicted molar refractivity (Wildman–Crippen MR) is 174 cm³/mol. The zero-order valence-corrected chi connectivity index (χ0v) is 27.1. The van der Waals surface area contributed by atoms with Gasteiger partial charge in [-0.1, -0.05) is 83.2 Å². The van der Waals surface area contributed by atoms with Crippen LogP contribution in [0, 0.1) is 16.7 Å². The maximum Gasteiger partial charge on any atom is 0.315 e. The van der Waals surface area contributed by atoms with E-state index in [0.717, 1.165) is 0 Å². The Hall–Kier alpha value is -4.09. The molecule has 0 aliphatic carbocycles. The Morgan fingerprint density at radius 2 is 1.64 bits per heavy atom. The Kier molecular flexibility index (Phi) is 13.4. The van der Waals surface area contributed by atoms with Gasteiger partial charge in [-0.2, -0.15) is 0 Å². The summed E-state index contributed by atoms with van der Waals surface area (Å²) in [7, 11) is 0. The molecule has 1 heterocycles. The van der Waals surface area contributed by atoms with Crippen molar-refractivity contribution in [1.82, 2.24) is 26.2 Å². The Balaban J connectivity index is 2.30. The minimum absolute atomic E-state index is 0.0632. The lowest BCUT2D eigenvalue weighted by Crippen LogP contribution is -2.61. The van der Waals surface area contributed by atoms with Crippen molar-refractivity contribution in [2.45, 2.75) is 71.8 Å². The molecule has 0 radical (unpaired) electrons. The summed E-state index contributed by atoms with van der Waals surface area (Å²) in [6, 6.07) is 4.94. The second-order valence-corrected chi connectivity index (χ2v) is 13.0. The van der Waals surface area contributed by atoms with Crippen molar-refractivity contribution in [2.75, 3.05) is 19.6 Å². The topological polar surface area (TPSA) is 157 Å². The van der Waals surface area contributed by atoms with Crippen molar-refractivity contribution in [3.8, 4) is 0 Å². The number of ketones is 2. The molecule has 1 saturated heterocycles. The van der Waals surface area contributed by atoms with E-state index in [1.807, 2.05) is 13.8 Å². The number of Topliss-reactive ketones (excluding diaryl/α,β-unsaturated/α-hetero) is 2. The number of allylic oxidation sites excluding steroid dienone is 1. The van der Waals surface area contributed by atoms with Gasteiger partial charge in [-0.25, -0.2) is 4.79 Å². The molecular formula is C34H49N5O6. The molecule has 0 spiro atoms. The van der Waals surface area contributed by atoms with Gasteiger partial charge < -0.3 is 26.0 Å². The first kappa shape index (κ1) is 37.1. The highest BCUT2D eigenvalue weighted by atomic mass is 16.3. The van der Waals surface area contributed by atoms with E-state index >= 15 is 0 Å². The Bertz CT molecular complexity index is 1260. The van der Waals surface area contributed by atoms with Crippen LogP contribution in [0.5, 0.6) is 0 Å². The largest absolute Gasteiger partial charge is 0.376 e. The number of amides is 4. The molecule has 1 aromatic rings. The minimum Gasteiger partial charge on any atom is -0.376 e. The van der Waals surface area contributed by atoms with Crippen LogP contribution in [0.25, 0.3) is 0 Å². The van der Waals surface area contributed by atoms with Gasteiger partial charge in [0.2, 0.25) is 11.7 Å². The molecule has 5 N–H and O–H groups in total. The van der Waals surface area contributed by atoms with E-state index < -0.39 is 58.8 Å². The number of rotatable bonds is 16. The SMILES string of the molecule is C=CCNC(=O)C(=O)C(CC=C)NC(O)[C@@H]1C[C@@H](C(C)(C)C=C)CN1C(=O)[C@@H](NC(=O)NCC(=O)c1ccccc1)C(C)(C)C. The third-order valence-electron chi connectivity index (χ3n) is 8.18. The van der Waals surface area contributed by atoms with Crippen LogP contribution in [0.4, 0.5) is 4.79 Å². The fraction of sp³-hybridized carbons (Fsp3) is 0.500. The summed E-state index contributed by atoms with van der Waals surface area (Å²) in [5.74, 6) is -2.45. The second kappa shape index (κ2) is 16.3. The van der Waals surface area contributed by atoms with E-state index in [-0.39, 0.29) is 37.8 Å². The van der Waals surface area contributed by atoms with Gasteiger partial charge in [-0.15, -0.1) is 19.7 Å². The highest BCUT2D eigenvalue weighted by molar-refractivity contribution is 6.38. The maximum atomic E-state index is 14.2. The van der Waals surface area contributed by atoms with Crippen LogP contribution in [0.1, 0.15) is 57.8 Å². The number of nitrogens with one attached hydrogen (secondary N) is 4. The number of hydrogen-bond acceptors (Lipinski definition) is 7. The summed E-state index contributed by atoms with van der Waals surface area (Å²) >= 11 is 0. The Morgan fingerprint density at radius 1 is 1.00 bits per heavy atom. The molecule has 0 saturated carbocycles. The zero-order chi connectivity index (χ0) is 33.9. The van der Waals surface area contributed by atoms with Crippen molar-refractivity contribution in [3.63, 3.8) is 0 Å². The smallest absolute Gasteiger partial charge is 0.315 e. The molecule has 4 amide bonds. The summed E-state index contributed by atoms with van der Waals surface area (Å²) in [6.45, 7) is 20.6. The lowest BCUT2D eigenvalue weighted by molar-refractivity contribution is -0.141. The molecule has 45 heavy (non-hydrogen) atoms. The number of urea groups is 1. The van der Waals surface area contributed by atoms with Gasteiger partial charge in [-0.05, 0) is 29.6 Å². The number of aliphatic hydroxyl groups excluding tert-OH is 1. The minimum atomic E-state index is -1.39. The quantitative estimate of drug-likeness (QED) is 0.0820. The number of aliphatic hydroxyl groups is 1.